The van der Waals surface area contributed by atoms with E-state index in [1.807, 2.05) is 24.3 Å². The first-order chi connectivity index (χ1) is 12.2. The summed E-state index contributed by atoms with van der Waals surface area (Å²) in [6, 6.07) is 10.3. The number of halogens is 2. The van der Waals surface area contributed by atoms with Gasteiger partial charge in [0, 0.05) is 12.1 Å². The van der Waals surface area contributed by atoms with Crippen molar-refractivity contribution >= 4 is 35.6 Å². The number of ether oxygens (including phenoxy) is 3. The first kappa shape index (κ1) is 20.2. The van der Waals surface area contributed by atoms with Gasteiger partial charge in [-0.2, -0.15) is 0 Å². The van der Waals surface area contributed by atoms with Gasteiger partial charge in [-0.1, -0.05) is 12.1 Å². The maximum atomic E-state index is 13.7. The Kier molecular flexibility index (Phi) is 7.46. The molecule has 0 spiro atoms. The van der Waals surface area contributed by atoms with Gasteiger partial charge in [-0.05, 0) is 36.2 Å². The summed E-state index contributed by atoms with van der Waals surface area (Å²) in [7, 11) is 1.59. The highest BCUT2D eigenvalue weighted by molar-refractivity contribution is 14.0. The molecule has 1 heterocycles. The second kappa shape index (κ2) is 9.58. The molecule has 0 saturated carbocycles. The molecule has 3 N–H and O–H groups in total. The smallest absolute Gasteiger partial charge is 0.193 e. The van der Waals surface area contributed by atoms with E-state index in [0.717, 1.165) is 11.3 Å². The molecule has 3 rings (SSSR count). The average molecular weight is 473 g/mol. The number of methoxy groups -OCH3 is 1. The topological polar surface area (TPSA) is 78.1 Å². The van der Waals surface area contributed by atoms with Crippen LogP contribution >= 0.6 is 24.0 Å². The standard InChI is InChI=1S/C18H20FN3O3.HI/c1-23-16-5-3-2-4-15(16)22-18(20)21-7-6-12-8-14(19)9-13-10-24-11-25-17(12)13;/h2-5,8-9H,6-7,10-11H2,1H3,(H3,20,21,22);1H. The van der Waals surface area contributed by atoms with E-state index in [4.69, 9.17) is 19.9 Å². The van der Waals surface area contributed by atoms with Gasteiger partial charge >= 0.3 is 0 Å². The lowest BCUT2D eigenvalue weighted by molar-refractivity contribution is -0.0172. The highest BCUT2D eigenvalue weighted by atomic mass is 127. The van der Waals surface area contributed by atoms with Crippen LogP contribution in [0.4, 0.5) is 10.1 Å². The lowest BCUT2D eigenvalue weighted by Crippen LogP contribution is -2.23. The van der Waals surface area contributed by atoms with E-state index < -0.39 is 0 Å². The maximum Gasteiger partial charge on any atom is 0.193 e. The van der Waals surface area contributed by atoms with E-state index in [0.29, 0.717) is 36.6 Å². The largest absolute Gasteiger partial charge is 0.495 e. The summed E-state index contributed by atoms with van der Waals surface area (Å²) in [4.78, 5) is 4.29. The molecule has 0 amide bonds. The molecule has 26 heavy (non-hydrogen) atoms. The summed E-state index contributed by atoms with van der Waals surface area (Å²) in [6.07, 6.45) is 0.508. The number of hydrogen-bond acceptors (Lipinski definition) is 4. The summed E-state index contributed by atoms with van der Waals surface area (Å²) in [6.45, 7) is 0.918. The Morgan fingerprint density at radius 2 is 2.15 bits per heavy atom. The summed E-state index contributed by atoms with van der Waals surface area (Å²) in [5, 5.41) is 3.00. The van der Waals surface area contributed by atoms with Crippen molar-refractivity contribution < 1.29 is 18.6 Å². The highest BCUT2D eigenvalue weighted by Crippen LogP contribution is 2.29. The fourth-order valence-corrected chi connectivity index (χ4v) is 2.66. The number of guanidine groups is 1. The third-order valence-electron chi connectivity index (χ3n) is 3.78. The Morgan fingerprint density at radius 3 is 2.96 bits per heavy atom. The fraction of sp³-hybridized carbons (Fsp3) is 0.278. The van der Waals surface area contributed by atoms with Gasteiger partial charge in [0.1, 0.15) is 17.3 Å². The summed E-state index contributed by atoms with van der Waals surface area (Å²) in [5.74, 6) is 1.30. The number of benzene rings is 2. The molecule has 0 fully saturated rings. The van der Waals surface area contributed by atoms with E-state index in [-0.39, 0.29) is 42.5 Å². The normalized spacial score (nSPS) is 13.2. The minimum Gasteiger partial charge on any atom is -0.495 e. The second-order valence-corrected chi connectivity index (χ2v) is 5.51. The Bertz CT molecular complexity index is 786. The minimum atomic E-state index is -0.313. The Labute approximate surface area is 168 Å². The second-order valence-electron chi connectivity index (χ2n) is 5.51. The van der Waals surface area contributed by atoms with E-state index in [2.05, 4.69) is 10.3 Å². The number of aliphatic imine (C=N–C) groups is 1. The number of nitrogens with zero attached hydrogens (tertiary/aromatic N) is 1. The van der Waals surface area contributed by atoms with Gasteiger partial charge in [0.2, 0.25) is 0 Å². The molecular formula is C18H21FIN3O3. The molecule has 0 aromatic heterocycles. The molecule has 6 nitrogen and oxygen atoms in total. The lowest BCUT2D eigenvalue weighted by Gasteiger charge is -2.20. The van der Waals surface area contributed by atoms with E-state index in [1.165, 1.54) is 12.1 Å². The van der Waals surface area contributed by atoms with Crippen LogP contribution in [0.2, 0.25) is 0 Å². The molecule has 1 aliphatic rings. The van der Waals surface area contributed by atoms with Crippen molar-refractivity contribution in [3.63, 3.8) is 0 Å². The third-order valence-corrected chi connectivity index (χ3v) is 3.78. The van der Waals surface area contributed by atoms with Crippen molar-refractivity contribution in [1.29, 1.82) is 0 Å². The van der Waals surface area contributed by atoms with Gasteiger partial charge < -0.3 is 25.3 Å². The number of fused-ring (bicyclic) bond motifs is 1. The van der Waals surface area contributed by atoms with E-state index in [9.17, 15) is 4.39 Å². The monoisotopic (exact) mass is 473 g/mol. The molecule has 8 heteroatoms. The van der Waals surface area contributed by atoms with Crippen molar-refractivity contribution in [1.82, 2.24) is 0 Å². The summed E-state index contributed by atoms with van der Waals surface area (Å²) >= 11 is 0. The molecule has 140 valence electrons. The third kappa shape index (κ3) is 4.98. The molecule has 2 aromatic carbocycles. The van der Waals surface area contributed by atoms with Crippen LogP contribution in [0.15, 0.2) is 41.4 Å². The van der Waals surface area contributed by atoms with Crippen molar-refractivity contribution in [2.75, 3.05) is 25.8 Å². The van der Waals surface area contributed by atoms with Crippen LogP contribution in [0.25, 0.3) is 0 Å². The Morgan fingerprint density at radius 1 is 1.35 bits per heavy atom. The van der Waals surface area contributed by atoms with Gasteiger partial charge in [0.05, 0.1) is 19.4 Å². The van der Waals surface area contributed by atoms with Crippen molar-refractivity contribution in [2.45, 2.75) is 13.0 Å². The zero-order valence-electron chi connectivity index (χ0n) is 14.3. The van der Waals surface area contributed by atoms with Gasteiger partial charge in [-0.3, -0.25) is 4.99 Å². The Hall–Kier alpha value is -2.07. The molecule has 1 aliphatic heterocycles. The molecule has 0 saturated heterocycles. The SMILES string of the molecule is COc1ccccc1NC(N)=NCCc1cc(F)cc2c1OCOC2.I. The highest BCUT2D eigenvalue weighted by Gasteiger charge is 2.16. The predicted molar refractivity (Wildman–Crippen MR) is 109 cm³/mol. The van der Waals surface area contributed by atoms with Gasteiger partial charge in [-0.15, -0.1) is 24.0 Å². The number of hydrogen-bond donors (Lipinski definition) is 2. The number of rotatable bonds is 5. The van der Waals surface area contributed by atoms with Crippen molar-refractivity contribution in [3.05, 3.63) is 53.3 Å². The number of para-hydroxylation sites is 2. The number of anilines is 1. The Balaban J connectivity index is 0.00000243. The van der Waals surface area contributed by atoms with Crippen LogP contribution in [0.3, 0.4) is 0 Å². The van der Waals surface area contributed by atoms with Crippen molar-refractivity contribution in [2.24, 2.45) is 10.7 Å². The average Bonchev–Trinajstić information content (AvgIpc) is 2.62. The first-order valence-corrected chi connectivity index (χ1v) is 7.89. The molecular weight excluding hydrogens is 452 g/mol. The van der Waals surface area contributed by atoms with Crippen LogP contribution in [0, 0.1) is 5.82 Å². The molecule has 0 radical (unpaired) electrons. The first-order valence-electron chi connectivity index (χ1n) is 7.89. The van der Waals surface area contributed by atoms with E-state index in [1.54, 1.807) is 7.11 Å². The van der Waals surface area contributed by atoms with Crippen LogP contribution in [-0.4, -0.2) is 26.4 Å². The number of nitrogens with two attached hydrogens (primary N) is 1. The zero-order chi connectivity index (χ0) is 17.6. The van der Waals surface area contributed by atoms with Crippen LogP contribution < -0.4 is 20.5 Å². The molecule has 2 aromatic rings. The summed E-state index contributed by atoms with van der Waals surface area (Å²) in [5.41, 5.74) is 8.12. The van der Waals surface area contributed by atoms with Gasteiger partial charge in [-0.25, -0.2) is 4.39 Å². The van der Waals surface area contributed by atoms with Crippen LogP contribution in [0.1, 0.15) is 11.1 Å². The predicted octanol–water partition coefficient (Wildman–Crippen LogP) is 3.29. The van der Waals surface area contributed by atoms with Gasteiger partial charge in [0.25, 0.3) is 0 Å². The molecule has 0 bridgehead atoms. The molecule has 0 atom stereocenters. The fourth-order valence-electron chi connectivity index (χ4n) is 2.66. The van der Waals surface area contributed by atoms with Crippen LogP contribution in [0.5, 0.6) is 11.5 Å². The van der Waals surface area contributed by atoms with Gasteiger partial charge in [0.15, 0.2) is 12.8 Å². The zero-order valence-corrected chi connectivity index (χ0v) is 16.7. The van der Waals surface area contributed by atoms with Crippen LogP contribution in [-0.2, 0) is 17.8 Å². The maximum absolute atomic E-state index is 13.7. The van der Waals surface area contributed by atoms with Crippen molar-refractivity contribution in [3.8, 4) is 11.5 Å². The minimum absolute atomic E-state index is 0. The molecule has 0 aliphatic carbocycles. The summed E-state index contributed by atoms with van der Waals surface area (Å²) < 4.78 is 29.6. The lowest BCUT2D eigenvalue weighted by atomic mass is 10.1. The molecule has 0 unspecified atom stereocenters. The van der Waals surface area contributed by atoms with E-state index >= 15 is 0 Å². The quantitative estimate of drug-likeness (QED) is 0.396. The number of nitrogens with one attached hydrogen (secondary N) is 1.